The van der Waals surface area contributed by atoms with E-state index < -0.39 is 52.2 Å². The molecule has 0 spiro atoms. The van der Waals surface area contributed by atoms with Gasteiger partial charge in [0.15, 0.2) is 11.6 Å². The molecule has 0 saturated carbocycles. The van der Waals surface area contributed by atoms with E-state index in [0.717, 1.165) is 24.8 Å². The van der Waals surface area contributed by atoms with Crippen LogP contribution in [0.1, 0.15) is 18.5 Å². The van der Waals surface area contributed by atoms with Crippen molar-refractivity contribution < 1.29 is 31.5 Å². The van der Waals surface area contributed by atoms with E-state index in [2.05, 4.69) is 10.6 Å². The molecule has 0 saturated heterocycles. The number of hydrogen-bond acceptors (Lipinski definition) is 4. The lowest BCUT2D eigenvalue weighted by Crippen LogP contribution is -2.51. The molecule has 1 aliphatic carbocycles. The highest BCUT2D eigenvalue weighted by Crippen LogP contribution is 2.51. The van der Waals surface area contributed by atoms with Gasteiger partial charge >= 0.3 is 6.18 Å². The van der Waals surface area contributed by atoms with E-state index >= 15 is 0 Å². The van der Waals surface area contributed by atoms with Crippen LogP contribution in [-0.2, 0) is 4.79 Å². The van der Waals surface area contributed by atoms with E-state index in [0.29, 0.717) is 0 Å². The molecule has 1 aromatic carbocycles. The van der Waals surface area contributed by atoms with Gasteiger partial charge in [-0.2, -0.15) is 24.9 Å². The number of allylic oxidation sites excluding steroid dienone is 2. The predicted molar refractivity (Wildman–Crippen MR) is 118 cm³/mol. The number of thioether (sulfide) groups is 1. The number of fused-ring (bicyclic) bond motifs is 1. The molecule has 0 fully saturated rings. The molecule has 2 unspecified atom stereocenters. The largest absolute Gasteiger partial charge is 0.494 e. The molecule has 2 N–H and O–H groups in total. The standard InChI is InChI=1S/C22H22ClF5N2O2S/c1-21(10-33-3,22(26,27)28)20(13-4-6-16(32-2)19(25)18(13)23)30-15-9-11(24)8-14-12(15)5-7-17(31)29-14/h4-9,12,14,20,30H,10H2,1-3H3,(H,29,31)/t12?,14?,20-,21-/m0/s1. The number of amides is 1. The van der Waals surface area contributed by atoms with E-state index in [4.69, 9.17) is 16.3 Å². The molecule has 1 aromatic rings. The Hall–Kier alpha value is -2.20. The first-order valence-electron chi connectivity index (χ1n) is 9.84. The maximum atomic E-state index is 14.7. The van der Waals surface area contributed by atoms with Crippen LogP contribution in [0, 0.1) is 17.2 Å². The number of hydrogen-bond donors (Lipinski definition) is 2. The van der Waals surface area contributed by atoms with Gasteiger partial charge < -0.3 is 15.4 Å². The number of carbonyl (C=O) groups is 1. The van der Waals surface area contributed by atoms with Crippen LogP contribution in [0.25, 0.3) is 0 Å². The number of benzene rings is 1. The molecule has 180 valence electrons. The third-order valence-electron chi connectivity index (χ3n) is 5.79. The van der Waals surface area contributed by atoms with Crippen LogP contribution in [0.2, 0.25) is 5.02 Å². The summed E-state index contributed by atoms with van der Waals surface area (Å²) in [6, 6.07) is 0.0936. The van der Waals surface area contributed by atoms with Crippen LogP contribution in [0.3, 0.4) is 0 Å². The normalized spacial score (nSPS) is 23.0. The molecule has 1 heterocycles. The molecule has 4 atom stereocenters. The van der Waals surface area contributed by atoms with Crippen molar-refractivity contribution in [1.82, 2.24) is 10.6 Å². The van der Waals surface area contributed by atoms with Crippen LogP contribution in [0.4, 0.5) is 22.0 Å². The summed E-state index contributed by atoms with van der Waals surface area (Å²) in [5.74, 6) is -3.41. The van der Waals surface area contributed by atoms with Crippen molar-refractivity contribution in [3.8, 4) is 5.75 Å². The van der Waals surface area contributed by atoms with Gasteiger partial charge in [0, 0.05) is 17.4 Å². The van der Waals surface area contributed by atoms with E-state index in [9.17, 15) is 26.7 Å². The van der Waals surface area contributed by atoms with Crippen molar-refractivity contribution in [1.29, 1.82) is 0 Å². The lowest BCUT2D eigenvalue weighted by molar-refractivity contribution is -0.219. The van der Waals surface area contributed by atoms with E-state index in [1.807, 2.05) is 0 Å². The Morgan fingerprint density at radius 2 is 2.00 bits per heavy atom. The molecular formula is C22H22ClF5N2O2S. The Balaban J connectivity index is 2.16. The van der Waals surface area contributed by atoms with Crippen molar-refractivity contribution in [3.63, 3.8) is 0 Å². The number of carbonyl (C=O) groups excluding carboxylic acids is 1. The molecule has 1 aliphatic heterocycles. The quantitative estimate of drug-likeness (QED) is 0.479. The Morgan fingerprint density at radius 3 is 2.61 bits per heavy atom. The van der Waals surface area contributed by atoms with Gasteiger partial charge in [0.05, 0.1) is 29.6 Å². The molecular weight excluding hydrogens is 487 g/mol. The fraction of sp³-hybridized carbons (Fsp3) is 0.409. The lowest BCUT2D eigenvalue weighted by Gasteiger charge is -2.42. The van der Waals surface area contributed by atoms with E-state index in [-0.39, 0.29) is 22.8 Å². The Kier molecular flexibility index (Phi) is 7.38. The first-order chi connectivity index (χ1) is 15.4. The predicted octanol–water partition coefficient (Wildman–Crippen LogP) is 5.47. The summed E-state index contributed by atoms with van der Waals surface area (Å²) in [5.41, 5.74) is -2.47. The number of methoxy groups -OCH3 is 1. The van der Waals surface area contributed by atoms with Crippen molar-refractivity contribution >= 4 is 29.3 Å². The molecule has 2 aliphatic rings. The summed E-state index contributed by atoms with van der Waals surface area (Å²) >= 11 is 7.15. The second kappa shape index (κ2) is 9.58. The Morgan fingerprint density at radius 1 is 1.30 bits per heavy atom. The molecule has 11 heteroatoms. The Labute approximate surface area is 197 Å². The highest BCUT2D eigenvalue weighted by Gasteiger charge is 2.57. The van der Waals surface area contributed by atoms with Crippen molar-refractivity contribution in [3.05, 3.63) is 64.4 Å². The van der Waals surface area contributed by atoms with Gasteiger partial charge in [-0.05, 0) is 43.0 Å². The molecule has 0 aromatic heterocycles. The first kappa shape index (κ1) is 25.4. The minimum absolute atomic E-state index is 0.102. The van der Waals surface area contributed by atoms with Gasteiger partial charge in [0.2, 0.25) is 5.91 Å². The minimum atomic E-state index is -4.73. The SMILES string of the molecule is COc1ccc([C@H](NC2=CC(F)=CC3NC(=O)C=CC23)[C@](C)(CSC)C(F)(F)F)c(Cl)c1F. The highest BCUT2D eigenvalue weighted by atomic mass is 35.5. The van der Waals surface area contributed by atoms with Crippen LogP contribution >= 0.6 is 23.4 Å². The van der Waals surface area contributed by atoms with Crippen LogP contribution in [-0.4, -0.2) is 37.2 Å². The monoisotopic (exact) mass is 508 g/mol. The summed E-state index contributed by atoms with van der Waals surface area (Å²) in [5, 5.41) is 4.85. The van der Waals surface area contributed by atoms with Crippen LogP contribution < -0.4 is 15.4 Å². The van der Waals surface area contributed by atoms with E-state index in [1.54, 1.807) is 0 Å². The van der Waals surface area contributed by atoms with Gasteiger partial charge in [-0.3, -0.25) is 4.79 Å². The number of nitrogens with one attached hydrogen (secondary N) is 2. The number of alkyl halides is 3. The zero-order chi connectivity index (χ0) is 24.6. The smallest absolute Gasteiger partial charge is 0.397 e. The average Bonchev–Trinajstić information content (AvgIpc) is 2.73. The molecule has 1 amide bonds. The van der Waals surface area contributed by atoms with Gasteiger partial charge in [-0.1, -0.05) is 23.7 Å². The van der Waals surface area contributed by atoms with Crippen molar-refractivity contribution in [2.75, 3.05) is 19.1 Å². The van der Waals surface area contributed by atoms with Gasteiger partial charge in [0.25, 0.3) is 0 Å². The molecule has 0 radical (unpaired) electrons. The summed E-state index contributed by atoms with van der Waals surface area (Å²) in [6.45, 7) is 1.01. The maximum absolute atomic E-state index is 14.7. The maximum Gasteiger partial charge on any atom is 0.397 e. The van der Waals surface area contributed by atoms with Crippen LogP contribution in [0.15, 0.2) is 48.0 Å². The van der Waals surface area contributed by atoms with Crippen LogP contribution in [0.5, 0.6) is 5.75 Å². The Bertz CT molecular complexity index is 1030. The van der Waals surface area contributed by atoms with Crippen molar-refractivity contribution in [2.45, 2.75) is 25.2 Å². The van der Waals surface area contributed by atoms with Gasteiger partial charge in [-0.25, -0.2) is 8.78 Å². The number of ether oxygens (including phenoxy) is 1. The average molecular weight is 509 g/mol. The summed E-state index contributed by atoms with van der Waals surface area (Å²) in [6.07, 6.45) is 1.75. The minimum Gasteiger partial charge on any atom is -0.494 e. The lowest BCUT2D eigenvalue weighted by atomic mass is 9.78. The number of halogens is 6. The summed E-state index contributed by atoms with van der Waals surface area (Å²) in [4.78, 5) is 11.7. The van der Waals surface area contributed by atoms with Gasteiger partial charge in [-0.15, -0.1) is 0 Å². The second-order valence-electron chi connectivity index (χ2n) is 7.98. The van der Waals surface area contributed by atoms with E-state index in [1.165, 1.54) is 43.7 Å². The molecule has 33 heavy (non-hydrogen) atoms. The number of rotatable bonds is 7. The topological polar surface area (TPSA) is 50.4 Å². The molecule has 3 rings (SSSR count). The zero-order valence-electron chi connectivity index (χ0n) is 17.9. The fourth-order valence-corrected chi connectivity index (χ4v) is 5.16. The summed E-state index contributed by atoms with van der Waals surface area (Å²) in [7, 11) is 1.21. The fourth-order valence-electron chi connectivity index (χ4n) is 3.96. The third-order valence-corrected chi connectivity index (χ3v) is 7.06. The zero-order valence-corrected chi connectivity index (χ0v) is 19.5. The molecule has 4 nitrogen and oxygen atoms in total. The molecule has 0 bridgehead atoms. The highest BCUT2D eigenvalue weighted by molar-refractivity contribution is 7.98. The van der Waals surface area contributed by atoms with Gasteiger partial charge in [0.1, 0.15) is 5.83 Å². The second-order valence-corrected chi connectivity index (χ2v) is 9.23. The summed E-state index contributed by atoms with van der Waals surface area (Å²) < 4.78 is 77.2. The first-order valence-corrected chi connectivity index (χ1v) is 11.6. The third kappa shape index (κ3) is 4.87. The van der Waals surface area contributed by atoms with Crippen molar-refractivity contribution in [2.24, 2.45) is 11.3 Å².